The topological polar surface area (TPSA) is 55.6 Å². The molecule has 0 bridgehead atoms. The largest absolute Gasteiger partial charge is 0.494 e. The predicted octanol–water partition coefficient (Wildman–Crippen LogP) is 2.04. The molecule has 0 aromatic heterocycles. The molecule has 106 valence electrons. The van der Waals surface area contributed by atoms with Crippen LogP contribution < -0.4 is 10.5 Å². The number of nitrogens with zero attached hydrogens (tertiary/aromatic N) is 1. The highest BCUT2D eigenvalue weighted by Gasteiger charge is 2.10. The molecule has 1 amide bonds. The van der Waals surface area contributed by atoms with Crippen LogP contribution in [0.15, 0.2) is 30.3 Å². The van der Waals surface area contributed by atoms with Gasteiger partial charge in [-0.3, -0.25) is 4.79 Å². The molecule has 0 aliphatic heterocycles. The maximum absolute atomic E-state index is 11.9. The Morgan fingerprint density at radius 1 is 1.26 bits per heavy atom. The van der Waals surface area contributed by atoms with Gasteiger partial charge in [0.05, 0.1) is 6.61 Å². The van der Waals surface area contributed by atoms with Crippen LogP contribution in [0.25, 0.3) is 0 Å². The molecule has 1 rings (SSSR count). The van der Waals surface area contributed by atoms with Crippen molar-refractivity contribution in [2.24, 2.45) is 5.73 Å². The summed E-state index contributed by atoms with van der Waals surface area (Å²) >= 11 is 0. The number of carbonyl (C=O) groups excluding carboxylic acids is 1. The highest BCUT2D eigenvalue weighted by molar-refractivity contribution is 5.76. The van der Waals surface area contributed by atoms with Gasteiger partial charge in [0.25, 0.3) is 0 Å². The lowest BCUT2D eigenvalue weighted by Crippen LogP contribution is -2.32. The molecule has 0 aliphatic rings. The molecule has 0 radical (unpaired) electrons. The third-order valence-electron chi connectivity index (χ3n) is 2.91. The van der Waals surface area contributed by atoms with Gasteiger partial charge in [0.1, 0.15) is 5.75 Å². The average molecular weight is 264 g/mol. The van der Waals surface area contributed by atoms with Gasteiger partial charge in [-0.15, -0.1) is 0 Å². The second kappa shape index (κ2) is 9.39. The van der Waals surface area contributed by atoms with Crippen molar-refractivity contribution in [2.45, 2.75) is 26.2 Å². The van der Waals surface area contributed by atoms with Crippen molar-refractivity contribution in [1.29, 1.82) is 0 Å². The number of amides is 1. The highest BCUT2D eigenvalue weighted by atomic mass is 16.5. The molecular weight excluding hydrogens is 240 g/mol. The summed E-state index contributed by atoms with van der Waals surface area (Å²) in [4.78, 5) is 13.8. The Labute approximate surface area is 115 Å². The Morgan fingerprint density at radius 3 is 2.63 bits per heavy atom. The van der Waals surface area contributed by atoms with Gasteiger partial charge < -0.3 is 15.4 Å². The Balaban J connectivity index is 2.19. The second-order valence-corrected chi connectivity index (χ2v) is 4.38. The summed E-state index contributed by atoms with van der Waals surface area (Å²) < 4.78 is 5.56. The number of hydrogen-bond acceptors (Lipinski definition) is 3. The van der Waals surface area contributed by atoms with E-state index in [4.69, 9.17) is 10.5 Å². The van der Waals surface area contributed by atoms with E-state index in [0.717, 1.165) is 31.7 Å². The van der Waals surface area contributed by atoms with Gasteiger partial charge in [-0.1, -0.05) is 18.2 Å². The van der Waals surface area contributed by atoms with Gasteiger partial charge in [0.15, 0.2) is 0 Å². The van der Waals surface area contributed by atoms with Gasteiger partial charge in [-0.25, -0.2) is 0 Å². The van der Waals surface area contributed by atoms with Gasteiger partial charge >= 0.3 is 0 Å². The fraction of sp³-hybridized carbons (Fsp3) is 0.533. The van der Waals surface area contributed by atoms with Crippen molar-refractivity contribution < 1.29 is 9.53 Å². The number of rotatable bonds is 9. The van der Waals surface area contributed by atoms with Crippen LogP contribution in [0.2, 0.25) is 0 Å². The molecule has 4 nitrogen and oxygen atoms in total. The standard InChI is InChI=1S/C15H24N2O2/c1-2-17(12-7-11-16)15(18)10-6-13-19-14-8-4-3-5-9-14/h3-5,8-9H,2,6-7,10-13,16H2,1H3. The number of nitrogens with two attached hydrogens (primary N) is 1. The van der Waals surface area contributed by atoms with Crippen LogP contribution in [0.4, 0.5) is 0 Å². The molecule has 0 saturated heterocycles. The van der Waals surface area contributed by atoms with Crippen LogP contribution >= 0.6 is 0 Å². The van der Waals surface area contributed by atoms with Gasteiger partial charge in [0.2, 0.25) is 5.91 Å². The zero-order valence-electron chi connectivity index (χ0n) is 11.7. The van der Waals surface area contributed by atoms with E-state index in [-0.39, 0.29) is 5.91 Å². The maximum Gasteiger partial charge on any atom is 0.222 e. The van der Waals surface area contributed by atoms with Crippen LogP contribution in [0.5, 0.6) is 5.75 Å². The Kier molecular flexibility index (Phi) is 7.66. The summed E-state index contributed by atoms with van der Waals surface area (Å²) in [6.07, 6.45) is 2.14. The molecule has 0 heterocycles. The van der Waals surface area contributed by atoms with E-state index in [0.29, 0.717) is 19.6 Å². The van der Waals surface area contributed by atoms with Crippen LogP contribution in [0, 0.1) is 0 Å². The molecule has 0 spiro atoms. The SMILES string of the molecule is CCN(CCCN)C(=O)CCCOc1ccccc1. The molecule has 1 aromatic carbocycles. The molecule has 2 N–H and O–H groups in total. The van der Waals surface area contributed by atoms with Crippen molar-refractivity contribution in [3.05, 3.63) is 30.3 Å². The molecular formula is C15H24N2O2. The summed E-state index contributed by atoms with van der Waals surface area (Å²) in [6, 6.07) is 9.66. The zero-order chi connectivity index (χ0) is 13.9. The number of benzene rings is 1. The quantitative estimate of drug-likeness (QED) is 0.694. The van der Waals surface area contributed by atoms with Gasteiger partial charge in [-0.05, 0) is 38.4 Å². The first-order valence-corrected chi connectivity index (χ1v) is 6.93. The minimum absolute atomic E-state index is 0.188. The third kappa shape index (κ3) is 6.25. The molecule has 0 aliphatic carbocycles. The number of para-hydroxylation sites is 1. The zero-order valence-corrected chi connectivity index (χ0v) is 11.7. The van der Waals surface area contributed by atoms with E-state index in [1.807, 2.05) is 42.2 Å². The lowest BCUT2D eigenvalue weighted by Gasteiger charge is -2.20. The van der Waals surface area contributed by atoms with Crippen LogP contribution in [-0.2, 0) is 4.79 Å². The lowest BCUT2D eigenvalue weighted by atomic mass is 10.2. The second-order valence-electron chi connectivity index (χ2n) is 4.38. The molecule has 1 aromatic rings. The molecule has 0 fully saturated rings. The van der Waals surface area contributed by atoms with Crippen LogP contribution in [0.1, 0.15) is 26.2 Å². The van der Waals surface area contributed by atoms with Gasteiger partial charge in [-0.2, -0.15) is 0 Å². The summed E-state index contributed by atoms with van der Waals surface area (Å²) in [5.41, 5.74) is 5.46. The minimum atomic E-state index is 0.188. The first kappa shape index (κ1) is 15.5. The van der Waals surface area contributed by atoms with Crippen molar-refractivity contribution in [3.8, 4) is 5.75 Å². The molecule has 4 heteroatoms. The van der Waals surface area contributed by atoms with E-state index in [1.54, 1.807) is 0 Å². The van der Waals surface area contributed by atoms with E-state index >= 15 is 0 Å². The number of ether oxygens (including phenoxy) is 1. The number of hydrogen-bond donors (Lipinski definition) is 1. The van der Waals surface area contributed by atoms with Crippen LogP contribution in [0.3, 0.4) is 0 Å². The Bertz CT molecular complexity index is 354. The highest BCUT2D eigenvalue weighted by Crippen LogP contribution is 2.09. The van der Waals surface area contributed by atoms with Crippen molar-refractivity contribution in [1.82, 2.24) is 4.90 Å². The number of carbonyl (C=O) groups is 1. The summed E-state index contributed by atoms with van der Waals surface area (Å²) in [5.74, 6) is 1.04. The van der Waals surface area contributed by atoms with Crippen molar-refractivity contribution in [2.75, 3.05) is 26.2 Å². The Hall–Kier alpha value is -1.55. The first-order valence-electron chi connectivity index (χ1n) is 6.93. The van der Waals surface area contributed by atoms with Crippen molar-refractivity contribution >= 4 is 5.91 Å². The molecule has 0 atom stereocenters. The minimum Gasteiger partial charge on any atom is -0.494 e. The Morgan fingerprint density at radius 2 is 2.00 bits per heavy atom. The van der Waals surface area contributed by atoms with E-state index in [9.17, 15) is 4.79 Å². The predicted molar refractivity (Wildman–Crippen MR) is 77.1 cm³/mol. The van der Waals surface area contributed by atoms with Gasteiger partial charge in [0, 0.05) is 19.5 Å². The normalized spacial score (nSPS) is 10.2. The van der Waals surface area contributed by atoms with E-state index in [2.05, 4.69) is 0 Å². The molecule has 0 unspecified atom stereocenters. The average Bonchev–Trinajstić information content (AvgIpc) is 2.45. The summed E-state index contributed by atoms with van der Waals surface area (Å²) in [7, 11) is 0. The third-order valence-corrected chi connectivity index (χ3v) is 2.91. The fourth-order valence-corrected chi connectivity index (χ4v) is 1.83. The molecule has 0 saturated carbocycles. The lowest BCUT2D eigenvalue weighted by molar-refractivity contribution is -0.131. The van der Waals surface area contributed by atoms with Crippen molar-refractivity contribution in [3.63, 3.8) is 0 Å². The maximum atomic E-state index is 11.9. The van der Waals surface area contributed by atoms with Crippen LogP contribution in [-0.4, -0.2) is 37.0 Å². The smallest absolute Gasteiger partial charge is 0.222 e. The van der Waals surface area contributed by atoms with E-state index < -0.39 is 0 Å². The van der Waals surface area contributed by atoms with E-state index in [1.165, 1.54) is 0 Å². The fourth-order valence-electron chi connectivity index (χ4n) is 1.83. The monoisotopic (exact) mass is 264 g/mol. The summed E-state index contributed by atoms with van der Waals surface area (Å²) in [5, 5.41) is 0. The summed E-state index contributed by atoms with van der Waals surface area (Å²) in [6.45, 7) is 4.70. The first-order chi connectivity index (χ1) is 9.27. The molecule has 19 heavy (non-hydrogen) atoms.